The first-order valence-electron chi connectivity index (χ1n) is 6.53. The minimum Gasteiger partial charge on any atom is -0.489 e. The first kappa shape index (κ1) is 12.6. The fourth-order valence-corrected chi connectivity index (χ4v) is 3.19. The van der Waals surface area contributed by atoms with Gasteiger partial charge in [-0.1, -0.05) is 42.5 Å². The van der Waals surface area contributed by atoms with Gasteiger partial charge in [-0.05, 0) is 23.3 Å². The summed E-state index contributed by atoms with van der Waals surface area (Å²) in [5, 5.41) is 3.90. The van der Waals surface area contributed by atoms with Crippen molar-refractivity contribution >= 4 is 11.8 Å². The molecule has 0 amide bonds. The lowest BCUT2D eigenvalue weighted by Gasteiger charge is -2.12. The van der Waals surface area contributed by atoms with Gasteiger partial charge in [0.15, 0.2) is 0 Å². The SMILES string of the molecule is c1ccc(COc2cccc([C@H]3NCCS3)c2)cc1. The van der Waals surface area contributed by atoms with E-state index in [9.17, 15) is 0 Å². The molecule has 3 heteroatoms. The van der Waals surface area contributed by atoms with Crippen LogP contribution in [0.15, 0.2) is 54.6 Å². The van der Waals surface area contributed by atoms with Crippen LogP contribution in [0.2, 0.25) is 0 Å². The molecule has 0 radical (unpaired) electrons. The molecule has 3 rings (SSSR count). The van der Waals surface area contributed by atoms with E-state index in [-0.39, 0.29) is 0 Å². The average molecular weight is 271 g/mol. The average Bonchev–Trinajstić information content (AvgIpc) is 3.01. The van der Waals surface area contributed by atoms with Gasteiger partial charge in [-0.3, -0.25) is 0 Å². The van der Waals surface area contributed by atoms with E-state index in [2.05, 4.69) is 35.6 Å². The Morgan fingerprint density at radius 1 is 1.11 bits per heavy atom. The Morgan fingerprint density at radius 2 is 2.00 bits per heavy atom. The van der Waals surface area contributed by atoms with Gasteiger partial charge in [0.2, 0.25) is 0 Å². The second kappa shape index (κ2) is 6.13. The lowest BCUT2D eigenvalue weighted by atomic mass is 10.2. The smallest absolute Gasteiger partial charge is 0.120 e. The van der Waals surface area contributed by atoms with Crippen molar-refractivity contribution in [3.8, 4) is 5.75 Å². The highest BCUT2D eigenvalue weighted by Crippen LogP contribution is 2.31. The van der Waals surface area contributed by atoms with Crippen LogP contribution in [-0.2, 0) is 6.61 Å². The summed E-state index contributed by atoms with van der Waals surface area (Å²) in [4.78, 5) is 0. The number of hydrogen-bond donors (Lipinski definition) is 1. The molecular weight excluding hydrogens is 254 g/mol. The van der Waals surface area contributed by atoms with E-state index in [1.807, 2.05) is 36.0 Å². The van der Waals surface area contributed by atoms with Gasteiger partial charge in [0.05, 0.1) is 5.37 Å². The largest absolute Gasteiger partial charge is 0.489 e. The molecule has 1 aliphatic rings. The fraction of sp³-hybridized carbons (Fsp3) is 0.250. The Labute approximate surface area is 118 Å². The molecule has 0 unspecified atom stereocenters. The number of rotatable bonds is 4. The van der Waals surface area contributed by atoms with Crippen molar-refractivity contribution in [1.29, 1.82) is 0 Å². The highest BCUT2D eigenvalue weighted by Gasteiger charge is 2.16. The van der Waals surface area contributed by atoms with Crippen molar-refractivity contribution in [3.63, 3.8) is 0 Å². The summed E-state index contributed by atoms with van der Waals surface area (Å²) in [6, 6.07) is 18.6. The number of nitrogens with one attached hydrogen (secondary N) is 1. The molecule has 19 heavy (non-hydrogen) atoms. The van der Waals surface area contributed by atoms with Gasteiger partial charge in [-0.2, -0.15) is 0 Å². The Kier molecular flexibility index (Phi) is 4.06. The van der Waals surface area contributed by atoms with Crippen LogP contribution >= 0.6 is 11.8 Å². The zero-order valence-electron chi connectivity index (χ0n) is 10.7. The van der Waals surface area contributed by atoms with E-state index in [1.165, 1.54) is 16.9 Å². The third-order valence-corrected chi connectivity index (χ3v) is 4.34. The Morgan fingerprint density at radius 3 is 2.79 bits per heavy atom. The molecule has 0 spiro atoms. The summed E-state index contributed by atoms with van der Waals surface area (Å²) < 4.78 is 5.86. The van der Waals surface area contributed by atoms with Gasteiger partial charge in [0.1, 0.15) is 12.4 Å². The standard InChI is InChI=1S/C16H17NOS/c1-2-5-13(6-3-1)12-18-15-8-4-7-14(11-15)16-17-9-10-19-16/h1-8,11,16-17H,9-10,12H2/t16-/m0/s1. The van der Waals surface area contributed by atoms with Crippen LogP contribution in [0.1, 0.15) is 16.5 Å². The van der Waals surface area contributed by atoms with Crippen molar-refractivity contribution in [3.05, 3.63) is 65.7 Å². The molecule has 1 N–H and O–H groups in total. The monoisotopic (exact) mass is 271 g/mol. The summed E-state index contributed by atoms with van der Waals surface area (Å²) >= 11 is 1.95. The first-order valence-corrected chi connectivity index (χ1v) is 7.58. The van der Waals surface area contributed by atoms with E-state index in [0.29, 0.717) is 12.0 Å². The molecular formula is C16H17NOS. The lowest BCUT2D eigenvalue weighted by Crippen LogP contribution is -2.11. The zero-order chi connectivity index (χ0) is 12.9. The van der Waals surface area contributed by atoms with Crippen LogP contribution in [0.25, 0.3) is 0 Å². The minimum absolute atomic E-state index is 0.417. The maximum absolute atomic E-state index is 5.86. The maximum Gasteiger partial charge on any atom is 0.120 e. The summed E-state index contributed by atoms with van der Waals surface area (Å²) in [6.07, 6.45) is 0. The van der Waals surface area contributed by atoms with Gasteiger partial charge < -0.3 is 10.1 Å². The van der Waals surface area contributed by atoms with Crippen molar-refractivity contribution < 1.29 is 4.74 Å². The highest BCUT2D eigenvalue weighted by molar-refractivity contribution is 7.99. The molecule has 2 aromatic rings. The van der Waals surface area contributed by atoms with Gasteiger partial charge in [0, 0.05) is 12.3 Å². The van der Waals surface area contributed by atoms with E-state index < -0.39 is 0 Å². The molecule has 0 aliphatic carbocycles. The number of thioether (sulfide) groups is 1. The molecule has 98 valence electrons. The summed E-state index contributed by atoms with van der Waals surface area (Å²) in [5.41, 5.74) is 2.49. The van der Waals surface area contributed by atoms with E-state index >= 15 is 0 Å². The van der Waals surface area contributed by atoms with Gasteiger partial charge in [0.25, 0.3) is 0 Å². The molecule has 1 saturated heterocycles. The number of hydrogen-bond acceptors (Lipinski definition) is 3. The molecule has 1 aliphatic heterocycles. The summed E-state index contributed by atoms with van der Waals surface area (Å²) in [5.74, 6) is 2.12. The van der Waals surface area contributed by atoms with Gasteiger partial charge >= 0.3 is 0 Å². The Balaban J connectivity index is 1.66. The Hall–Kier alpha value is -1.45. The minimum atomic E-state index is 0.417. The van der Waals surface area contributed by atoms with Crippen molar-refractivity contribution in [2.24, 2.45) is 0 Å². The fourth-order valence-electron chi connectivity index (χ4n) is 2.15. The van der Waals surface area contributed by atoms with Crippen LogP contribution in [0.3, 0.4) is 0 Å². The molecule has 1 fully saturated rings. The van der Waals surface area contributed by atoms with E-state index in [4.69, 9.17) is 4.74 Å². The van der Waals surface area contributed by atoms with Crippen LogP contribution in [-0.4, -0.2) is 12.3 Å². The summed E-state index contributed by atoms with van der Waals surface area (Å²) in [7, 11) is 0. The normalized spacial score (nSPS) is 18.4. The van der Waals surface area contributed by atoms with Crippen LogP contribution < -0.4 is 10.1 Å². The Bertz CT molecular complexity index is 523. The molecule has 2 aromatic carbocycles. The third kappa shape index (κ3) is 3.31. The quantitative estimate of drug-likeness (QED) is 0.918. The van der Waals surface area contributed by atoms with Gasteiger partial charge in [-0.25, -0.2) is 0 Å². The lowest BCUT2D eigenvalue weighted by molar-refractivity contribution is 0.306. The highest BCUT2D eigenvalue weighted by atomic mass is 32.2. The maximum atomic E-state index is 5.86. The zero-order valence-corrected chi connectivity index (χ0v) is 11.5. The molecule has 2 nitrogen and oxygen atoms in total. The molecule has 0 saturated carbocycles. The van der Waals surface area contributed by atoms with E-state index in [1.54, 1.807) is 0 Å². The molecule has 1 heterocycles. The van der Waals surface area contributed by atoms with Crippen molar-refractivity contribution in [1.82, 2.24) is 5.32 Å². The van der Waals surface area contributed by atoms with Crippen LogP contribution in [0.5, 0.6) is 5.75 Å². The first-order chi connectivity index (χ1) is 9.42. The second-order valence-corrected chi connectivity index (χ2v) is 5.76. The van der Waals surface area contributed by atoms with Crippen LogP contribution in [0.4, 0.5) is 0 Å². The summed E-state index contributed by atoms with van der Waals surface area (Å²) in [6.45, 7) is 1.71. The second-order valence-electron chi connectivity index (χ2n) is 4.55. The molecule has 0 aromatic heterocycles. The molecule has 1 atom stereocenters. The number of benzene rings is 2. The predicted molar refractivity (Wildman–Crippen MR) is 80.4 cm³/mol. The van der Waals surface area contributed by atoms with Gasteiger partial charge in [-0.15, -0.1) is 11.8 Å². The van der Waals surface area contributed by atoms with Crippen molar-refractivity contribution in [2.75, 3.05) is 12.3 Å². The topological polar surface area (TPSA) is 21.3 Å². The van der Waals surface area contributed by atoms with E-state index in [0.717, 1.165) is 12.3 Å². The number of ether oxygens (including phenoxy) is 1. The predicted octanol–water partition coefficient (Wildman–Crippen LogP) is 3.60. The third-order valence-electron chi connectivity index (χ3n) is 3.13. The van der Waals surface area contributed by atoms with Crippen molar-refractivity contribution in [2.45, 2.75) is 12.0 Å². The van der Waals surface area contributed by atoms with Crippen LogP contribution in [0, 0.1) is 0 Å². The molecule has 0 bridgehead atoms.